The lowest BCUT2D eigenvalue weighted by Crippen LogP contribution is -2.30. The highest BCUT2D eigenvalue weighted by Gasteiger charge is 2.27. The number of amides is 1. The number of rotatable bonds is 4. The molecule has 4 heterocycles. The Kier molecular flexibility index (Phi) is 4.58. The van der Waals surface area contributed by atoms with E-state index in [0.29, 0.717) is 0 Å². The van der Waals surface area contributed by atoms with Crippen molar-refractivity contribution in [3.63, 3.8) is 0 Å². The van der Waals surface area contributed by atoms with Gasteiger partial charge in [-0.25, -0.2) is 19.5 Å². The zero-order valence-corrected chi connectivity index (χ0v) is 16.5. The SMILES string of the molecule is Cc1nc(C(=O)N(C)C)nc(N2CC[C@@H](Nc3ccn4nccc4n3)C2)c1C. The first-order valence-corrected chi connectivity index (χ1v) is 9.31. The van der Waals surface area contributed by atoms with Crippen LogP contribution in [0.25, 0.3) is 5.65 Å². The van der Waals surface area contributed by atoms with Crippen molar-refractivity contribution in [1.82, 2.24) is 29.5 Å². The molecule has 1 N–H and O–H groups in total. The van der Waals surface area contributed by atoms with E-state index in [1.165, 1.54) is 4.90 Å². The Hall–Kier alpha value is -3.23. The number of aryl methyl sites for hydroxylation is 1. The average molecular weight is 380 g/mol. The predicted octanol–water partition coefficient (Wildman–Crippen LogP) is 1.53. The maximum Gasteiger partial charge on any atom is 0.291 e. The minimum atomic E-state index is -0.184. The van der Waals surface area contributed by atoms with Crippen LogP contribution in [0.1, 0.15) is 28.3 Å². The molecule has 1 amide bonds. The smallest absolute Gasteiger partial charge is 0.291 e. The van der Waals surface area contributed by atoms with E-state index in [1.807, 2.05) is 32.2 Å². The molecule has 0 aromatic carbocycles. The second-order valence-electron chi connectivity index (χ2n) is 7.30. The van der Waals surface area contributed by atoms with Gasteiger partial charge in [-0.2, -0.15) is 5.10 Å². The van der Waals surface area contributed by atoms with Crippen molar-refractivity contribution >= 4 is 23.2 Å². The lowest BCUT2D eigenvalue weighted by Gasteiger charge is -2.22. The number of nitrogens with one attached hydrogen (secondary N) is 1. The summed E-state index contributed by atoms with van der Waals surface area (Å²) in [5, 5.41) is 7.67. The zero-order valence-electron chi connectivity index (χ0n) is 16.5. The molecule has 0 spiro atoms. The number of anilines is 2. The number of fused-ring (bicyclic) bond motifs is 1. The van der Waals surface area contributed by atoms with E-state index < -0.39 is 0 Å². The normalized spacial score (nSPS) is 16.6. The largest absolute Gasteiger partial charge is 0.365 e. The van der Waals surface area contributed by atoms with Crippen molar-refractivity contribution in [1.29, 1.82) is 0 Å². The van der Waals surface area contributed by atoms with Crippen LogP contribution in [0, 0.1) is 13.8 Å². The highest BCUT2D eigenvalue weighted by Crippen LogP contribution is 2.25. The molecule has 28 heavy (non-hydrogen) atoms. The van der Waals surface area contributed by atoms with E-state index in [-0.39, 0.29) is 17.8 Å². The molecule has 0 aliphatic carbocycles. The third-order valence-electron chi connectivity index (χ3n) is 5.06. The zero-order chi connectivity index (χ0) is 19.8. The maximum absolute atomic E-state index is 12.3. The van der Waals surface area contributed by atoms with Crippen molar-refractivity contribution < 1.29 is 4.79 Å². The average Bonchev–Trinajstić information content (AvgIpc) is 3.32. The Morgan fingerprint density at radius 1 is 1.21 bits per heavy atom. The lowest BCUT2D eigenvalue weighted by molar-refractivity contribution is 0.0815. The van der Waals surface area contributed by atoms with E-state index in [1.54, 1.807) is 24.8 Å². The topological polar surface area (TPSA) is 91.6 Å². The molecule has 1 fully saturated rings. The fraction of sp³-hybridized carbons (Fsp3) is 0.421. The molecule has 1 saturated heterocycles. The molecule has 9 nitrogen and oxygen atoms in total. The fourth-order valence-corrected chi connectivity index (χ4v) is 3.39. The molecule has 0 unspecified atom stereocenters. The number of hydrogen-bond donors (Lipinski definition) is 1. The van der Waals surface area contributed by atoms with Crippen LogP contribution in [-0.4, -0.2) is 68.6 Å². The Labute approximate surface area is 163 Å². The van der Waals surface area contributed by atoms with Gasteiger partial charge in [0.25, 0.3) is 5.91 Å². The predicted molar refractivity (Wildman–Crippen MR) is 107 cm³/mol. The molecule has 0 saturated carbocycles. The quantitative estimate of drug-likeness (QED) is 0.734. The van der Waals surface area contributed by atoms with Crippen LogP contribution in [0.5, 0.6) is 0 Å². The second-order valence-corrected chi connectivity index (χ2v) is 7.30. The van der Waals surface area contributed by atoms with Gasteiger partial charge >= 0.3 is 0 Å². The Balaban J connectivity index is 1.52. The fourth-order valence-electron chi connectivity index (χ4n) is 3.39. The van der Waals surface area contributed by atoms with Crippen LogP contribution in [-0.2, 0) is 0 Å². The highest BCUT2D eigenvalue weighted by atomic mass is 16.2. The first-order chi connectivity index (χ1) is 13.4. The van der Waals surface area contributed by atoms with Crippen LogP contribution in [0.4, 0.5) is 11.6 Å². The Morgan fingerprint density at radius 3 is 2.82 bits per heavy atom. The number of nitrogens with zero attached hydrogens (tertiary/aromatic N) is 7. The minimum absolute atomic E-state index is 0.184. The molecule has 9 heteroatoms. The molecule has 0 bridgehead atoms. The summed E-state index contributed by atoms with van der Waals surface area (Å²) in [5.74, 6) is 1.73. The van der Waals surface area contributed by atoms with Crippen molar-refractivity contribution in [2.24, 2.45) is 0 Å². The van der Waals surface area contributed by atoms with Crippen LogP contribution < -0.4 is 10.2 Å². The summed E-state index contributed by atoms with van der Waals surface area (Å²) in [6.07, 6.45) is 4.59. The number of carbonyl (C=O) groups excluding carboxylic acids is 1. The van der Waals surface area contributed by atoms with Crippen LogP contribution >= 0.6 is 0 Å². The maximum atomic E-state index is 12.3. The summed E-state index contributed by atoms with van der Waals surface area (Å²) in [6, 6.07) is 4.06. The molecule has 0 radical (unpaired) electrons. The van der Waals surface area contributed by atoms with Crippen molar-refractivity contribution in [3.05, 3.63) is 41.6 Å². The molecule has 3 aromatic heterocycles. The van der Waals surface area contributed by atoms with Crippen LogP contribution in [0.3, 0.4) is 0 Å². The number of aromatic nitrogens is 5. The van der Waals surface area contributed by atoms with E-state index in [0.717, 1.165) is 48.1 Å². The summed E-state index contributed by atoms with van der Waals surface area (Å²) in [5.41, 5.74) is 2.66. The van der Waals surface area contributed by atoms with Gasteiger partial charge < -0.3 is 15.1 Å². The summed E-state index contributed by atoms with van der Waals surface area (Å²) >= 11 is 0. The lowest BCUT2D eigenvalue weighted by atomic mass is 10.2. The summed E-state index contributed by atoms with van der Waals surface area (Å²) in [4.78, 5) is 29.6. The molecular weight excluding hydrogens is 356 g/mol. The first kappa shape index (κ1) is 18.1. The van der Waals surface area contributed by atoms with Crippen molar-refractivity contribution in [2.45, 2.75) is 26.3 Å². The van der Waals surface area contributed by atoms with Gasteiger partial charge in [0.05, 0.1) is 6.20 Å². The second kappa shape index (κ2) is 7.06. The van der Waals surface area contributed by atoms with E-state index in [4.69, 9.17) is 0 Å². The number of carbonyl (C=O) groups is 1. The van der Waals surface area contributed by atoms with Gasteiger partial charge in [-0.05, 0) is 26.3 Å². The van der Waals surface area contributed by atoms with Crippen LogP contribution in [0.2, 0.25) is 0 Å². The van der Waals surface area contributed by atoms with Gasteiger partial charge in [0.15, 0.2) is 5.65 Å². The summed E-state index contributed by atoms with van der Waals surface area (Å²) in [6.45, 7) is 5.58. The van der Waals surface area contributed by atoms with Crippen LogP contribution in [0.15, 0.2) is 24.5 Å². The van der Waals surface area contributed by atoms with Gasteiger partial charge in [-0.1, -0.05) is 0 Å². The third kappa shape index (κ3) is 3.35. The Bertz CT molecular complexity index is 1030. The molecule has 1 aliphatic heterocycles. The van der Waals surface area contributed by atoms with E-state index >= 15 is 0 Å². The molecule has 146 valence electrons. The van der Waals surface area contributed by atoms with Gasteiger partial charge in [0.2, 0.25) is 5.82 Å². The summed E-state index contributed by atoms with van der Waals surface area (Å²) < 4.78 is 1.74. The number of hydrogen-bond acceptors (Lipinski definition) is 7. The monoisotopic (exact) mass is 380 g/mol. The molecule has 4 rings (SSSR count). The third-order valence-corrected chi connectivity index (χ3v) is 5.06. The summed E-state index contributed by atoms with van der Waals surface area (Å²) in [7, 11) is 3.42. The highest BCUT2D eigenvalue weighted by molar-refractivity contribution is 5.90. The van der Waals surface area contributed by atoms with Crippen molar-refractivity contribution in [3.8, 4) is 0 Å². The standard InChI is InChI=1S/C19H24N8O/c1-12-13(2)21-17(19(28)25(3)4)24-18(12)26-9-6-14(11-26)22-15-7-10-27-16(23-15)5-8-20-27/h5,7-8,10,14H,6,9,11H2,1-4H3,(H,22,23)/t14-/m1/s1. The Morgan fingerprint density at radius 2 is 2.04 bits per heavy atom. The van der Waals surface area contributed by atoms with E-state index in [2.05, 4.69) is 30.3 Å². The molecule has 1 atom stereocenters. The minimum Gasteiger partial charge on any atom is -0.365 e. The molecule has 3 aromatic rings. The first-order valence-electron chi connectivity index (χ1n) is 9.31. The van der Waals surface area contributed by atoms with E-state index in [9.17, 15) is 4.79 Å². The van der Waals surface area contributed by atoms with Gasteiger partial charge in [-0.15, -0.1) is 0 Å². The van der Waals surface area contributed by atoms with Gasteiger partial charge in [-0.3, -0.25) is 4.79 Å². The van der Waals surface area contributed by atoms with Gasteiger partial charge in [0.1, 0.15) is 11.6 Å². The van der Waals surface area contributed by atoms with Crippen molar-refractivity contribution in [2.75, 3.05) is 37.4 Å². The molecule has 1 aliphatic rings. The molecular formula is C19H24N8O. The van der Waals surface area contributed by atoms with Gasteiger partial charge in [0, 0.05) is 56.7 Å².